The highest BCUT2D eigenvalue weighted by atomic mass is 79.9. The van der Waals surface area contributed by atoms with Crippen molar-refractivity contribution in [2.24, 2.45) is 0 Å². The molecule has 1 fully saturated rings. The van der Waals surface area contributed by atoms with Gasteiger partial charge in [0, 0.05) is 41.8 Å². The van der Waals surface area contributed by atoms with Crippen LogP contribution in [0, 0.1) is 10.1 Å². The zero-order chi connectivity index (χ0) is 15.7. The summed E-state index contributed by atoms with van der Waals surface area (Å²) in [6.45, 7) is 5.38. The second kappa shape index (κ2) is 6.11. The molecule has 7 heteroatoms. The number of nitrogens with zero attached hydrogens (tertiary/aromatic N) is 3. The summed E-state index contributed by atoms with van der Waals surface area (Å²) < 4.78 is 0.581. The van der Waals surface area contributed by atoms with Gasteiger partial charge >= 0.3 is 0 Å². The predicted octanol–water partition coefficient (Wildman–Crippen LogP) is 2.52. The van der Waals surface area contributed by atoms with Crippen molar-refractivity contribution in [3.8, 4) is 0 Å². The van der Waals surface area contributed by atoms with Crippen LogP contribution in [-0.2, 0) is 0 Å². The molecule has 0 bridgehead atoms. The molecule has 0 radical (unpaired) electrons. The molecule has 0 N–H and O–H groups in total. The SMILES string of the molecule is CC1CN(C(=O)c2cc([N+](=O)[O-])ccc2Br)CC(C)N1C. The van der Waals surface area contributed by atoms with Crippen molar-refractivity contribution in [2.45, 2.75) is 25.9 Å². The van der Waals surface area contributed by atoms with E-state index in [-0.39, 0.29) is 23.7 Å². The van der Waals surface area contributed by atoms with E-state index in [1.165, 1.54) is 12.1 Å². The molecule has 114 valence electrons. The third-order valence-electron chi connectivity index (χ3n) is 4.04. The molecule has 2 unspecified atom stereocenters. The van der Waals surface area contributed by atoms with Crippen LogP contribution in [0.15, 0.2) is 22.7 Å². The van der Waals surface area contributed by atoms with Crippen molar-refractivity contribution in [1.29, 1.82) is 0 Å². The number of carbonyl (C=O) groups excluding carboxylic acids is 1. The van der Waals surface area contributed by atoms with Crippen molar-refractivity contribution in [2.75, 3.05) is 20.1 Å². The molecular weight excluding hydrogens is 338 g/mol. The van der Waals surface area contributed by atoms with Crippen LogP contribution < -0.4 is 0 Å². The molecule has 2 rings (SSSR count). The van der Waals surface area contributed by atoms with Gasteiger partial charge in [-0.1, -0.05) is 0 Å². The number of rotatable bonds is 2. The van der Waals surface area contributed by atoms with E-state index in [9.17, 15) is 14.9 Å². The van der Waals surface area contributed by atoms with Gasteiger partial charge in [0.25, 0.3) is 11.6 Å². The van der Waals surface area contributed by atoms with E-state index in [1.807, 2.05) is 7.05 Å². The summed E-state index contributed by atoms with van der Waals surface area (Å²) in [5.41, 5.74) is 0.268. The zero-order valence-electron chi connectivity index (χ0n) is 12.2. The number of carbonyl (C=O) groups is 1. The first-order valence-electron chi connectivity index (χ1n) is 6.76. The molecule has 6 nitrogen and oxygen atoms in total. The van der Waals surface area contributed by atoms with Crippen molar-refractivity contribution in [1.82, 2.24) is 9.80 Å². The van der Waals surface area contributed by atoms with Gasteiger partial charge < -0.3 is 4.90 Å². The highest BCUT2D eigenvalue weighted by molar-refractivity contribution is 9.10. The minimum absolute atomic E-state index is 0.0724. The standard InChI is InChI=1S/C14H18BrN3O3/c1-9-7-17(8-10(2)16(9)3)14(19)12-6-11(18(20)21)4-5-13(12)15/h4-6,9-10H,7-8H2,1-3H3. The van der Waals surface area contributed by atoms with Crippen LogP contribution in [0.25, 0.3) is 0 Å². The summed E-state index contributed by atoms with van der Waals surface area (Å²) in [7, 11) is 2.04. The van der Waals surface area contributed by atoms with Crippen molar-refractivity contribution >= 4 is 27.5 Å². The lowest BCUT2D eigenvalue weighted by Crippen LogP contribution is -2.56. The lowest BCUT2D eigenvalue weighted by molar-refractivity contribution is -0.384. The number of hydrogen-bond acceptors (Lipinski definition) is 4. The lowest BCUT2D eigenvalue weighted by atomic mass is 10.1. The average Bonchev–Trinajstić information content (AvgIpc) is 2.43. The van der Waals surface area contributed by atoms with Crippen LogP contribution in [0.4, 0.5) is 5.69 Å². The first kappa shape index (κ1) is 15.9. The number of non-ortho nitro benzene ring substituents is 1. The van der Waals surface area contributed by atoms with E-state index in [2.05, 4.69) is 34.7 Å². The predicted molar refractivity (Wildman–Crippen MR) is 83.4 cm³/mol. The number of benzene rings is 1. The van der Waals surface area contributed by atoms with Crippen molar-refractivity contribution < 1.29 is 9.72 Å². The van der Waals surface area contributed by atoms with E-state index in [4.69, 9.17) is 0 Å². The van der Waals surface area contributed by atoms with Gasteiger partial charge in [-0.25, -0.2) is 0 Å². The molecule has 0 spiro atoms. The van der Waals surface area contributed by atoms with E-state index in [0.29, 0.717) is 23.1 Å². The summed E-state index contributed by atoms with van der Waals surface area (Å²) in [6.07, 6.45) is 0. The van der Waals surface area contributed by atoms with Gasteiger partial charge in [0.2, 0.25) is 0 Å². The second-order valence-electron chi connectivity index (χ2n) is 5.49. The number of hydrogen-bond donors (Lipinski definition) is 0. The molecule has 2 atom stereocenters. The number of likely N-dealkylation sites (N-methyl/N-ethyl adjacent to an activating group) is 1. The molecule has 1 saturated heterocycles. The maximum absolute atomic E-state index is 12.6. The Kier molecular flexibility index (Phi) is 4.63. The Morgan fingerprint density at radius 3 is 2.43 bits per heavy atom. The fourth-order valence-corrected chi connectivity index (χ4v) is 2.95. The molecule has 1 aromatic rings. The number of halogens is 1. The number of piperazine rings is 1. The zero-order valence-corrected chi connectivity index (χ0v) is 13.8. The Bertz CT molecular complexity index is 567. The van der Waals surface area contributed by atoms with Crippen LogP contribution in [0.2, 0.25) is 0 Å². The van der Waals surface area contributed by atoms with Gasteiger partial charge in [-0.05, 0) is 42.9 Å². The first-order valence-corrected chi connectivity index (χ1v) is 7.55. The molecule has 1 heterocycles. The minimum Gasteiger partial charge on any atom is -0.335 e. The number of nitro benzene ring substituents is 1. The summed E-state index contributed by atoms with van der Waals surface area (Å²) in [5.74, 6) is -0.169. The normalized spacial score (nSPS) is 23.1. The molecule has 1 amide bonds. The van der Waals surface area contributed by atoms with E-state index < -0.39 is 4.92 Å². The van der Waals surface area contributed by atoms with Crippen LogP contribution in [0.3, 0.4) is 0 Å². The quantitative estimate of drug-likeness (QED) is 0.603. The third-order valence-corrected chi connectivity index (χ3v) is 4.73. The Hall–Kier alpha value is -1.47. The topological polar surface area (TPSA) is 66.7 Å². The maximum atomic E-state index is 12.6. The fraction of sp³-hybridized carbons (Fsp3) is 0.500. The van der Waals surface area contributed by atoms with Gasteiger partial charge in [0.1, 0.15) is 0 Å². The monoisotopic (exact) mass is 355 g/mol. The summed E-state index contributed by atoms with van der Waals surface area (Å²) in [4.78, 5) is 27.0. The van der Waals surface area contributed by atoms with Gasteiger partial charge in [-0.3, -0.25) is 19.8 Å². The molecule has 0 aliphatic carbocycles. The second-order valence-corrected chi connectivity index (χ2v) is 6.35. The summed E-state index contributed by atoms with van der Waals surface area (Å²) in [5, 5.41) is 10.9. The molecule has 1 aliphatic heterocycles. The molecule has 0 aromatic heterocycles. The highest BCUT2D eigenvalue weighted by Gasteiger charge is 2.31. The van der Waals surface area contributed by atoms with E-state index >= 15 is 0 Å². The Balaban J connectivity index is 2.28. The van der Waals surface area contributed by atoms with Crippen molar-refractivity contribution in [3.63, 3.8) is 0 Å². The van der Waals surface area contributed by atoms with Gasteiger partial charge in [0.05, 0.1) is 10.5 Å². The summed E-state index contributed by atoms with van der Waals surface area (Å²) >= 11 is 3.31. The Morgan fingerprint density at radius 1 is 1.33 bits per heavy atom. The van der Waals surface area contributed by atoms with E-state index in [1.54, 1.807) is 11.0 Å². The maximum Gasteiger partial charge on any atom is 0.270 e. The van der Waals surface area contributed by atoms with E-state index in [0.717, 1.165) is 0 Å². The average molecular weight is 356 g/mol. The first-order chi connectivity index (χ1) is 9.81. The third kappa shape index (κ3) is 3.24. The van der Waals surface area contributed by atoms with Crippen LogP contribution >= 0.6 is 15.9 Å². The van der Waals surface area contributed by atoms with Gasteiger partial charge in [-0.2, -0.15) is 0 Å². The van der Waals surface area contributed by atoms with Gasteiger partial charge in [0.15, 0.2) is 0 Å². The highest BCUT2D eigenvalue weighted by Crippen LogP contribution is 2.25. The van der Waals surface area contributed by atoms with Gasteiger partial charge in [-0.15, -0.1) is 0 Å². The molecule has 1 aromatic carbocycles. The minimum atomic E-state index is -0.488. The smallest absolute Gasteiger partial charge is 0.270 e. The lowest BCUT2D eigenvalue weighted by Gasteiger charge is -2.42. The molecule has 1 aliphatic rings. The summed E-state index contributed by atoms with van der Waals surface area (Å²) in [6, 6.07) is 4.79. The Labute approximate surface area is 132 Å². The van der Waals surface area contributed by atoms with Crippen molar-refractivity contribution in [3.05, 3.63) is 38.3 Å². The number of amides is 1. The number of nitro groups is 1. The molecule has 21 heavy (non-hydrogen) atoms. The fourth-order valence-electron chi connectivity index (χ4n) is 2.53. The van der Waals surface area contributed by atoms with Crippen LogP contribution in [0.5, 0.6) is 0 Å². The van der Waals surface area contributed by atoms with Crippen LogP contribution in [-0.4, -0.2) is 52.9 Å². The molecular formula is C14H18BrN3O3. The molecule has 0 saturated carbocycles. The Morgan fingerprint density at radius 2 is 1.90 bits per heavy atom. The largest absolute Gasteiger partial charge is 0.335 e. The van der Waals surface area contributed by atoms with Crippen LogP contribution in [0.1, 0.15) is 24.2 Å².